The molecule has 0 aliphatic carbocycles. The van der Waals surface area contributed by atoms with Crippen LogP contribution in [0.4, 0.5) is 11.4 Å². The normalized spacial score (nSPS) is 12.3. The quantitative estimate of drug-likeness (QED) is 0.502. The predicted molar refractivity (Wildman–Crippen MR) is 36.5 cm³/mol. The van der Waals surface area contributed by atoms with E-state index in [1.54, 1.807) is 0 Å². The van der Waals surface area contributed by atoms with E-state index < -0.39 is 37.7 Å². The molecule has 0 radical (unpaired) electrons. The molecule has 0 amide bonds. The molecule has 0 unspecified atom stereocenters. The van der Waals surface area contributed by atoms with Crippen molar-refractivity contribution in [2.45, 2.75) is 0 Å². The van der Waals surface area contributed by atoms with Crippen molar-refractivity contribution < 1.29 is 57.0 Å². The van der Waals surface area contributed by atoms with E-state index in [-0.39, 0.29) is 5.69 Å². The molecule has 1 rings (SSSR count). The third-order valence-corrected chi connectivity index (χ3v) is 2.23. The molecular weight excluding hydrogens is 299 g/mol. The van der Waals surface area contributed by atoms with Crippen LogP contribution in [0.25, 0.3) is 0 Å². The van der Waals surface area contributed by atoms with Crippen molar-refractivity contribution in [3.05, 3.63) is 12.1 Å². The van der Waals surface area contributed by atoms with E-state index in [4.69, 9.17) is 11.5 Å². The van der Waals surface area contributed by atoms with Gasteiger partial charge in [-0.2, -0.15) is 28.0 Å². The monoisotopic (exact) mass is 304 g/mol. The zero-order chi connectivity index (χ0) is 14.1. The molecule has 12 heteroatoms. The molecule has 0 spiro atoms. The number of benzene rings is 1. The fraction of sp³-hybridized carbons (Fsp3) is 0. The highest BCUT2D eigenvalue weighted by Crippen LogP contribution is 2.38. The maximum Gasteiger partial charge on any atom is 0.337 e. The van der Waals surface area contributed by atoms with E-state index in [9.17, 15) is 28.0 Å². The van der Waals surface area contributed by atoms with Crippen molar-refractivity contribution in [2.75, 3.05) is 11.5 Å². The highest BCUT2D eigenvalue weighted by molar-refractivity contribution is 5.73. The zero-order valence-electron chi connectivity index (χ0n) is 8.33. The van der Waals surface area contributed by atoms with Crippen LogP contribution in [0.2, 0.25) is 0 Å². The molecule has 4 N–H and O–H groups in total. The van der Waals surface area contributed by atoms with Gasteiger partial charge in [0, 0.05) is 6.07 Å². The summed E-state index contributed by atoms with van der Waals surface area (Å²) in [6.45, 7) is 0. The van der Waals surface area contributed by atoms with Crippen molar-refractivity contribution in [2.24, 2.45) is 0 Å². The average Bonchev–Trinajstić information content (AvgIpc) is 2.14. The molecule has 1 aromatic rings. The molecule has 102 valence electrons. The number of hydrogen-bond donors (Lipinski definition) is 2. The van der Waals surface area contributed by atoms with Gasteiger partial charge in [-0.15, -0.1) is 0 Å². The minimum Gasteiger partial charge on any atom is -0.395 e. The third-order valence-electron chi connectivity index (χ3n) is 1.54. The molecule has 0 aromatic heterocycles. The summed E-state index contributed by atoms with van der Waals surface area (Å²) in [6, 6.07) is 1.82. The molecule has 10 nitrogen and oxygen atoms in total. The number of nitrogen functional groups attached to an aromatic ring is 2. The molecule has 0 saturated heterocycles. The Morgan fingerprint density at radius 1 is 0.833 bits per heavy atom. The summed E-state index contributed by atoms with van der Waals surface area (Å²) in [5.74, 6) is -1.56. The van der Waals surface area contributed by atoms with E-state index in [0.29, 0.717) is 0 Å². The molecule has 18 heavy (non-hydrogen) atoms. The largest absolute Gasteiger partial charge is 0.395 e. The van der Waals surface area contributed by atoms with E-state index in [1.807, 2.05) is 0 Å². The summed E-state index contributed by atoms with van der Waals surface area (Å²) in [4.78, 5) is 0. The lowest BCUT2D eigenvalue weighted by atomic mass is 10.2. The molecular formula is C6H6Cl2N2O8. The minimum atomic E-state index is -4.90. The Bertz CT molecular complexity index is 442. The Morgan fingerprint density at radius 2 is 1.33 bits per heavy atom. The first-order valence-corrected chi connectivity index (χ1v) is 6.35. The van der Waals surface area contributed by atoms with Crippen molar-refractivity contribution in [1.29, 1.82) is 0 Å². The number of rotatable bonds is 4. The van der Waals surface area contributed by atoms with E-state index in [1.165, 1.54) is 0 Å². The van der Waals surface area contributed by atoms with Gasteiger partial charge in [0.2, 0.25) is 0 Å². The maximum absolute atomic E-state index is 10.4. The summed E-state index contributed by atoms with van der Waals surface area (Å²) in [5, 5.41) is 0. The van der Waals surface area contributed by atoms with Crippen molar-refractivity contribution >= 4 is 11.4 Å². The second-order valence-electron chi connectivity index (χ2n) is 2.81. The topological polar surface area (TPSA) is 209 Å². The average molecular weight is 305 g/mol. The van der Waals surface area contributed by atoms with Crippen LogP contribution in [0, 0.1) is 20.5 Å². The minimum absolute atomic E-state index is 0.369. The fourth-order valence-corrected chi connectivity index (χ4v) is 1.65. The maximum atomic E-state index is 10.4. The van der Waals surface area contributed by atoms with Gasteiger partial charge in [-0.1, -0.05) is 8.58 Å². The SMILES string of the molecule is Nc1ccc(O[Cl+3]([O-])([O-])[O-])c(N)c1O[Cl+3]([O-])([O-])[O-]. The smallest absolute Gasteiger partial charge is 0.337 e. The van der Waals surface area contributed by atoms with E-state index in [0.717, 1.165) is 12.1 Å². The first-order chi connectivity index (χ1) is 7.99. The summed E-state index contributed by atoms with van der Waals surface area (Å²) in [6.07, 6.45) is 0. The molecule has 1 aromatic carbocycles. The lowest BCUT2D eigenvalue weighted by Gasteiger charge is -2.16. The predicted octanol–water partition coefficient (Wildman–Crippen LogP) is -6.60. The molecule has 0 bridgehead atoms. The highest BCUT2D eigenvalue weighted by atomic mass is 35.7. The second kappa shape index (κ2) is 4.79. The van der Waals surface area contributed by atoms with Crippen molar-refractivity contribution in [1.82, 2.24) is 0 Å². The zero-order valence-corrected chi connectivity index (χ0v) is 9.84. The van der Waals surface area contributed by atoms with Gasteiger partial charge in [0.05, 0.1) is 5.69 Å². The Labute approximate surface area is 104 Å². The highest BCUT2D eigenvalue weighted by Gasteiger charge is 2.31. The summed E-state index contributed by atoms with van der Waals surface area (Å²) in [7, 11) is -9.75. The van der Waals surface area contributed by atoms with Gasteiger partial charge in [-0.05, 0) is 6.07 Å². The van der Waals surface area contributed by atoms with Gasteiger partial charge < -0.3 is 11.5 Å². The van der Waals surface area contributed by atoms with E-state index in [2.05, 4.69) is 8.58 Å². The number of nitrogens with two attached hydrogens (primary N) is 2. The van der Waals surface area contributed by atoms with Gasteiger partial charge >= 0.3 is 11.5 Å². The van der Waals surface area contributed by atoms with Gasteiger partial charge in [-0.3, -0.25) is 0 Å². The number of anilines is 2. The molecule has 0 atom stereocenters. The van der Waals surface area contributed by atoms with Gasteiger partial charge in [0.25, 0.3) is 0 Å². The van der Waals surface area contributed by atoms with Crippen molar-refractivity contribution in [3.8, 4) is 11.5 Å². The summed E-state index contributed by atoms with van der Waals surface area (Å²) < 4.78 is 69.8. The summed E-state index contributed by atoms with van der Waals surface area (Å²) >= 11 is 0. The van der Waals surface area contributed by atoms with E-state index >= 15 is 0 Å². The van der Waals surface area contributed by atoms with Crippen LogP contribution in [0.15, 0.2) is 12.1 Å². The number of hydrogen-bond acceptors (Lipinski definition) is 10. The molecule has 0 aliphatic heterocycles. The molecule has 0 aliphatic rings. The Hall–Kier alpha value is -1.24. The van der Waals surface area contributed by atoms with Crippen LogP contribution >= 0.6 is 0 Å². The molecule has 0 heterocycles. The molecule has 0 fully saturated rings. The van der Waals surface area contributed by atoms with Gasteiger partial charge in [0.1, 0.15) is 20.5 Å². The third kappa shape index (κ3) is 4.21. The van der Waals surface area contributed by atoms with Gasteiger partial charge in [0.15, 0.2) is 5.69 Å². The van der Waals surface area contributed by atoms with Crippen LogP contribution in [0.5, 0.6) is 11.5 Å². The van der Waals surface area contributed by atoms with Crippen LogP contribution in [-0.4, -0.2) is 0 Å². The first-order valence-electron chi connectivity index (χ1n) is 3.88. The van der Waals surface area contributed by atoms with Gasteiger partial charge in [-0.25, -0.2) is 0 Å². The van der Waals surface area contributed by atoms with Crippen LogP contribution in [0.3, 0.4) is 0 Å². The van der Waals surface area contributed by atoms with Crippen molar-refractivity contribution in [3.63, 3.8) is 0 Å². The Morgan fingerprint density at radius 3 is 1.78 bits per heavy atom. The lowest BCUT2D eigenvalue weighted by Crippen LogP contribution is -2.63. The fourth-order valence-electron chi connectivity index (χ4n) is 0.948. The standard InChI is InChI=1S/C6H6Cl2N2O8/c9-3-1-2-4(17-7(11,12)13)5(10)6(3)18-8(14,15)16/h1-2H,9-10H2. The Balaban J connectivity index is 3.15. The Kier molecular flexibility index (Phi) is 3.95. The lowest BCUT2D eigenvalue weighted by molar-refractivity contribution is -1.91. The number of halogens is 2. The first kappa shape index (κ1) is 14.8. The molecule has 0 saturated carbocycles. The summed E-state index contributed by atoms with van der Waals surface area (Å²) in [5.41, 5.74) is 9.42. The van der Waals surface area contributed by atoms with Crippen LogP contribution in [0.1, 0.15) is 0 Å². The van der Waals surface area contributed by atoms with Crippen LogP contribution in [-0.2, 0) is 0 Å². The second-order valence-corrected chi connectivity index (χ2v) is 4.63. The van der Waals surface area contributed by atoms with Crippen LogP contribution < -0.4 is 48.0 Å².